The molecule has 2 heterocycles. The molecule has 1 saturated heterocycles. The van der Waals surface area contributed by atoms with E-state index in [0.29, 0.717) is 12.2 Å². The number of carbonyl (C=O) groups excluding carboxylic acids is 1. The van der Waals surface area contributed by atoms with Gasteiger partial charge in [-0.25, -0.2) is 4.68 Å². The molecule has 1 aromatic heterocycles. The fourth-order valence-electron chi connectivity index (χ4n) is 2.71. The van der Waals surface area contributed by atoms with Crippen LogP contribution in [0.2, 0.25) is 0 Å². The number of hydrogen-bond donors (Lipinski definition) is 0. The predicted molar refractivity (Wildman–Crippen MR) is 80.1 cm³/mol. The van der Waals surface area contributed by atoms with E-state index >= 15 is 0 Å². The number of carbonyl (C=O) groups is 1. The monoisotopic (exact) mass is 284 g/mol. The fourth-order valence-corrected chi connectivity index (χ4v) is 2.71. The van der Waals surface area contributed by atoms with Crippen LogP contribution in [-0.2, 0) is 6.54 Å². The van der Waals surface area contributed by atoms with Crippen LogP contribution >= 0.6 is 0 Å². The zero-order valence-electron chi connectivity index (χ0n) is 12.3. The highest BCUT2D eigenvalue weighted by atomic mass is 16.2. The smallest absolute Gasteiger partial charge is 0.276 e. The van der Waals surface area contributed by atoms with Crippen LogP contribution in [0.3, 0.4) is 0 Å². The van der Waals surface area contributed by atoms with Gasteiger partial charge in [-0.3, -0.25) is 4.79 Å². The Morgan fingerprint density at radius 3 is 2.57 bits per heavy atom. The second kappa shape index (κ2) is 6.08. The summed E-state index contributed by atoms with van der Waals surface area (Å²) in [7, 11) is 0. The molecule has 1 aliphatic heterocycles. The summed E-state index contributed by atoms with van der Waals surface area (Å²) in [5.74, 6) is 0.0199. The minimum atomic E-state index is 0.0199. The van der Waals surface area contributed by atoms with Crippen LogP contribution < -0.4 is 0 Å². The maximum atomic E-state index is 12.5. The van der Waals surface area contributed by atoms with E-state index in [1.54, 1.807) is 4.68 Å². The van der Waals surface area contributed by atoms with Gasteiger partial charge >= 0.3 is 0 Å². The summed E-state index contributed by atoms with van der Waals surface area (Å²) in [5.41, 5.74) is 2.49. The molecule has 1 aromatic carbocycles. The third-order valence-corrected chi connectivity index (χ3v) is 4.00. The van der Waals surface area contributed by atoms with E-state index in [2.05, 4.69) is 10.3 Å². The van der Waals surface area contributed by atoms with Gasteiger partial charge in [-0.05, 0) is 31.7 Å². The van der Waals surface area contributed by atoms with Gasteiger partial charge in [0.2, 0.25) is 0 Å². The standard InChI is InChI=1S/C16H20N4O/c1-13-15(16(21)19-10-6-3-7-11-19)17-18-20(13)12-14-8-4-2-5-9-14/h2,4-5,8-9H,3,6-7,10-12H2,1H3. The zero-order chi connectivity index (χ0) is 14.7. The Hall–Kier alpha value is -2.17. The molecule has 0 aliphatic carbocycles. The number of rotatable bonds is 3. The van der Waals surface area contributed by atoms with Crippen LogP contribution in [0.5, 0.6) is 0 Å². The molecule has 0 spiro atoms. The Labute approximate surface area is 124 Å². The van der Waals surface area contributed by atoms with Crippen molar-refractivity contribution >= 4 is 5.91 Å². The number of amides is 1. The molecule has 0 N–H and O–H groups in total. The van der Waals surface area contributed by atoms with E-state index in [1.165, 1.54) is 6.42 Å². The number of piperidine rings is 1. The SMILES string of the molecule is Cc1c(C(=O)N2CCCCC2)nnn1Cc1ccccc1. The molecule has 0 unspecified atom stereocenters. The molecule has 21 heavy (non-hydrogen) atoms. The first-order valence-electron chi connectivity index (χ1n) is 7.49. The molecular formula is C16H20N4O. The van der Waals surface area contributed by atoms with Gasteiger partial charge in [-0.1, -0.05) is 35.5 Å². The number of likely N-dealkylation sites (tertiary alicyclic amines) is 1. The normalized spacial score (nSPS) is 15.2. The lowest BCUT2D eigenvalue weighted by molar-refractivity contribution is 0.0717. The molecule has 110 valence electrons. The average molecular weight is 284 g/mol. The van der Waals surface area contributed by atoms with E-state index in [4.69, 9.17) is 0 Å². The lowest BCUT2D eigenvalue weighted by Crippen LogP contribution is -2.36. The van der Waals surface area contributed by atoms with Crippen molar-refractivity contribution in [2.75, 3.05) is 13.1 Å². The Kier molecular flexibility index (Phi) is 3.99. The van der Waals surface area contributed by atoms with E-state index in [-0.39, 0.29) is 5.91 Å². The summed E-state index contributed by atoms with van der Waals surface area (Å²) in [6, 6.07) is 10.1. The molecule has 1 aliphatic rings. The fraction of sp³-hybridized carbons (Fsp3) is 0.438. The van der Waals surface area contributed by atoms with Crippen molar-refractivity contribution in [2.24, 2.45) is 0 Å². The minimum absolute atomic E-state index is 0.0199. The molecule has 0 atom stereocenters. The van der Waals surface area contributed by atoms with Gasteiger partial charge in [0.15, 0.2) is 5.69 Å². The second-order valence-corrected chi connectivity index (χ2v) is 5.52. The molecule has 1 amide bonds. The van der Waals surface area contributed by atoms with Crippen molar-refractivity contribution in [3.05, 3.63) is 47.3 Å². The van der Waals surface area contributed by atoms with Gasteiger partial charge in [0.05, 0.1) is 12.2 Å². The highest BCUT2D eigenvalue weighted by Crippen LogP contribution is 2.14. The molecule has 0 radical (unpaired) electrons. The summed E-state index contributed by atoms with van der Waals surface area (Å²) >= 11 is 0. The highest BCUT2D eigenvalue weighted by Gasteiger charge is 2.23. The number of nitrogens with zero attached hydrogens (tertiary/aromatic N) is 4. The molecule has 5 heteroatoms. The van der Waals surface area contributed by atoms with Gasteiger partial charge in [0, 0.05) is 13.1 Å². The van der Waals surface area contributed by atoms with Crippen molar-refractivity contribution in [1.29, 1.82) is 0 Å². The summed E-state index contributed by atoms with van der Waals surface area (Å²) in [4.78, 5) is 14.4. The zero-order valence-corrected chi connectivity index (χ0v) is 12.3. The maximum absolute atomic E-state index is 12.5. The van der Waals surface area contributed by atoms with Gasteiger partial charge in [-0.2, -0.15) is 0 Å². The largest absolute Gasteiger partial charge is 0.337 e. The van der Waals surface area contributed by atoms with Crippen molar-refractivity contribution in [2.45, 2.75) is 32.7 Å². The van der Waals surface area contributed by atoms with Gasteiger partial charge in [0.1, 0.15) is 0 Å². The predicted octanol–water partition coefficient (Wildman–Crippen LogP) is 2.26. The third kappa shape index (κ3) is 2.96. The first-order valence-corrected chi connectivity index (χ1v) is 7.49. The van der Waals surface area contributed by atoms with Crippen molar-refractivity contribution in [3.8, 4) is 0 Å². The van der Waals surface area contributed by atoms with Crippen LogP contribution in [0.25, 0.3) is 0 Å². The number of benzene rings is 1. The Morgan fingerprint density at radius 2 is 1.86 bits per heavy atom. The van der Waals surface area contributed by atoms with E-state index in [1.807, 2.05) is 42.2 Å². The molecule has 0 saturated carbocycles. The maximum Gasteiger partial charge on any atom is 0.276 e. The Balaban J connectivity index is 1.77. The van der Waals surface area contributed by atoms with E-state index in [0.717, 1.165) is 37.2 Å². The molecule has 1 fully saturated rings. The van der Waals surface area contributed by atoms with E-state index in [9.17, 15) is 4.79 Å². The Bertz CT molecular complexity index is 614. The summed E-state index contributed by atoms with van der Waals surface area (Å²) in [6.45, 7) is 4.24. The van der Waals surface area contributed by atoms with Crippen LogP contribution in [-0.4, -0.2) is 38.9 Å². The lowest BCUT2D eigenvalue weighted by Gasteiger charge is -2.25. The molecular weight excluding hydrogens is 264 g/mol. The first-order chi connectivity index (χ1) is 10.3. The summed E-state index contributed by atoms with van der Waals surface area (Å²) < 4.78 is 1.80. The highest BCUT2D eigenvalue weighted by molar-refractivity contribution is 5.93. The third-order valence-electron chi connectivity index (χ3n) is 4.00. The van der Waals surface area contributed by atoms with Crippen molar-refractivity contribution < 1.29 is 4.79 Å². The minimum Gasteiger partial charge on any atom is -0.337 e. The van der Waals surface area contributed by atoms with Gasteiger partial charge < -0.3 is 4.90 Å². The van der Waals surface area contributed by atoms with Gasteiger partial charge in [-0.15, -0.1) is 5.10 Å². The van der Waals surface area contributed by atoms with Crippen LogP contribution in [0, 0.1) is 6.92 Å². The summed E-state index contributed by atoms with van der Waals surface area (Å²) in [6.07, 6.45) is 3.38. The number of hydrogen-bond acceptors (Lipinski definition) is 3. The second-order valence-electron chi connectivity index (χ2n) is 5.52. The average Bonchev–Trinajstić information content (AvgIpc) is 2.89. The van der Waals surface area contributed by atoms with Crippen LogP contribution in [0.4, 0.5) is 0 Å². The quantitative estimate of drug-likeness (QED) is 0.868. The van der Waals surface area contributed by atoms with Crippen molar-refractivity contribution in [3.63, 3.8) is 0 Å². The topological polar surface area (TPSA) is 51.0 Å². The molecule has 0 bridgehead atoms. The lowest BCUT2D eigenvalue weighted by atomic mass is 10.1. The molecule has 3 rings (SSSR count). The first kappa shape index (κ1) is 13.8. The molecule has 5 nitrogen and oxygen atoms in total. The molecule has 2 aromatic rings. The van der Waals surface area contributed by atoms with E-state index < -0.39 is 0 Å². The number of aromatic nitrogens is 3. The van der Waals surface area contributed by atoms with Crippen LogP contribution in [0.15, 0.2) is 30.3 Å². The Morgan fingerprint density at radius 1 is 1.14 bits per heavy atom. The summed E-state index contributed by atoms with van der Waals surface area (Å²) in [5, 5.41) is 8.25. The van der Waals surface area contributed by atoms with Crippen LogP contribution in [0.1, 0.15) is 41.0 Å². The van der Waals surface area contributed by atoms with Crippen molar-refractivity contribution in [1.82, 2.24) is 19.9 Å². The van der Waals surface area contributed by atoms with Gasteiger partial charge in [0.25, 0.3) is 5.91 Å².